The number of thioether (sulfide) groups is 1. The summed E-state index contributed by atoms with van der Waals surface area (Å²) in [6.07, 6.45) is 1.28. The fraction of sp³-hybridized carbons (Fsp3) is 1.00. The molecule has 0 rings (SSSR count). The summed E-state index contributed by atoms with van der Waals surface area (Å²) in [6.45, 7) is 0. The van der Waals surface area contributed by atoms with Crippen LogP contribution in [-0.4, -0.2) is 21.5 Å². The predicted molar refractivity (Wildman–Crippen MR) is 44.0 cm³/mol. The van der Waals surface area contributed by atoms with Gasteiger partial charge in [0.05, 0.1) is 0 Å². The molecule has 0 spiro atoms. The molecule has 0 atom stereocenters. The van der Waals surface area contributed by atoms with Gasteiger partial charge in [-0.25, -0.2) is 0 Å². The van der Waals surface area contributed by atoms with Gasteiger partial charge in [0.2, 0.25) is 0 Å². The van der Waals surface area contributed by atoms with Crippen LogP contribution in [0.15, 0.2) is 0 Å². The second kappa shape index (κ2) is 5.62. The van der Waals surface area contributed by atoms with Crippen LogP contribution in [0.2, 0.25) is 6.04 Å². The van der Waals surface area contributed by atoms with Crippen LogP contribution in [0.5, 0.6) is 0 Å². The average Bonchev–Trinajstić information content (AvgIpc) is 1.66. The molecular formula is C4H14N2SSi. The molecule has 4 heteroatoms. The van der Waals surface area contributed by atoms with E-state index in [0.29, 0.717) is 0 Å². The Morgan fingerprint density at radius 3 is 2.50 bits per heavy atom. The van der Waals surface area contributed by atoms with Crippen LogP contribution in [0.3, 0.4) is 0 Å². The highest BCUT2D eigenvalue weighted by molar-refractivity contribution is 7.99. The third kappa shape index (κ3) is 6.49. The first-order valence-corrected chi connectivity index (χ1v) is 5.36. The van der Waals surface area contributed by atoms with E-state index in [1.165, 1.54) is 22.7 Å². The Hall–Kier alpha value is 0.487. The monoisotopic (exact) mass is 150 g/mol. The van der Waals surface area contributed by atoms with Crippen LogP contribution in [0.1, 0.15) is 6.42 Å². The minimum atomic E-state index is -0.164. The van der Waals surface area contributed by atoms with E-state index in [0.717, 1.165) is 5.75 Å². The third-order valence-corrected chi connectivity index (χ3v) is 2.42. The van der Waals surface area contributed by atoms with Crippen molar-refractivity contribution in [3.8, 4) is 0 Å². The quantitative estimate of drug-likeness (QED) is 0.310. The number of hydrogen-bond acceptors (Lipinski definition) is 3. The maximum Gasteiger partial charge on any atom is 0.100 e. The summed E-state index contributed by atoms with van der Waals surface area (Å²) >= 11 is 1.63. The summed E-state index contributed by atoms with van der Waals surface area (Å²) < 4.78 is 0. The highest BCUT2D eigenvalue weighted by Gasteiger charge is 1.90. The molecule has 0 aliphatic rings. The number of nitrogens with two attached hydrogens (primary N) is 2. The standard InChI is InChI=1S/C4H14N2SSi/c5-4(6)7-2-1-3-8/h4H,1-3,5-6H2,8H3. The fourth-order valence-corrected chi connectivity index (χ4v) is 1.96. The molecule has 0 aromatic heterocycles. The Morgan fingerprint density at radius 1 is 1.50 bits per heavy atom. The van der Waals surface area contributed by atoms with Gasteiger partial charge in [-0.05, 0) is 12.2 Å². The lowest BCUT2D eigenvalue weighted by Crippen LogP contribution is -2.26. The summed E-state index contributed by atoms with van der Waals surface area (Å²) in [5, 5.41) is 0. The van der Waals surface area contributed by atoms with Gasteiger partial charge >= 0.3 is 0 Å². The van der Waals surface area contributed by atoms with Gasteiger partial charge < -0.3 is 11.5 Å². The SMILES string of the molecule is NC(N)SCCC[SiH3]. The molecule has 0 aliphatic carbocycles. The first-order chi connectivity index (χ1) is 3.77. The van der Waals surface area contributed by atoms with Crippen LogP contribution in [0, 0.1) is 0 Å². The molecule has 50 valence electrons. The molecule has 0 aromatic rings. The van der Waals surface area contributed by atoms with Crippen LogP contribution in [-0.2, 0) is 0 Å². The highest BCUT2D eigenvalue weighted by Crippen LogP contribution is 2.02. The van der Waals surface area contributed by atoms with Gasteiger partial charge in [0.25, 0.3) is 0 Å². The zero-order valence-corrected chi connectivity index (χ0v) is 8.08. The molecule has 0 aliphatic heterocycles. The Labute approximate surface area is 57.8 Å². The van der Waals surface area contributed by atoms with E-state index in [9.17, 15) is 0 Å². The van der Waals surface area contributed by atoms with Crippen LogP contribution in [0.25, 0.3) is 0 Å². The molecule has 0 bridgehead atoms. The van der Waals surface area contributed by atoms with Crippen LogP contribution < -0.4 is 11.5 Å². The number of hydrogen-bond donors (Lipinski definition) is 2. The minimum absolute atomic E-state index is 0.164. The normalized spacial score (nSPS) is 10.9. The van der Waals surface area contributed by atoms with Gasteiger partial charge in [0.15, 0.2) is 0 Å². The molecule has 4 N–H and O–H groups in total. The number of rotatable bonds is 4. The van der Waals surface area contributed by atoms with E-state index in [1.807, 2.05) is 0 Å². The molecule has 0 saturated heterocycles. The Kier molecular flexibility index (Phi) is 5.96. The van der Waals surface area contributed by atoms with Crippen LogP contribution >= 0.6 is 11.8 Å². The summed E-state index contributed by atoms with van der Waals surface area (Å²) in [7, 11) is 1.30. The van der Waals surface area contributed by atoms with Gasteiger partial charge in [-0.1, -0.05) is 6.04 Å². The van der Waals surface area contributed by atoms with Gasteiger partial charge in [-0.3, -0.25) is 0 Å². The molecule has 0 fully saturated rings. The zero-order chi connectivity index (χ0) is 6.41. The van der Waals surface area contributed by atoms with Crippen molar-refractivity contribution in [3.63, 3.8) is 0 Å². The first kappa shape index (κ1) is 8.49. The van der Waals surface area contributed by atoms with Crippen molar-refractivity contribution in [2.24, 2.45) is 11.5 Å². The van der Waals surface area contributed by atoms with Gasteiger partial charge in [0.1, 0.15) is 5.50 Å². The Balaban J connectivity index is 2.72. The topological polar surface area (TPSA) is 52.0 Å². The molecule has 0 saturated carbocycles. The van der Waals surface area contributed by atoms with Crippen molar-refractivity contribution in [2.45, 2.75) is 18.0 Å². The van der Waals surface area contributed by atoms with Crippen molar-refractivity contribution >= 4 is 22.0 Å². The lowest BCUT2D eigenvalue weighted by Gasteiger charge is -2.01. The van der Waals surface area contributed by atoms with Gasteiger partial charge in [0, 0.05) is 10.2 Å². The molecule has 0 heterocycles. The van der Waals surface area contributed by atoms with E-state index in [-0.39, 0.29) is 5.50 Å². The lowest BCUT2D eigenvalue weighted by atomic mass is 10.6. The molecule has 2 nitrogen and oxygen atoms in total. The average molecular weight is 150 g/mol. The van der Waals surface area contributed by atoms with E-state index >= 15 is 0 Å². The van der Waals surface area contributed by atoms with Gasteiger partial charge in [-0.2, -0.15) is 0 Å². The van der Waals surface area contributed by atoms with E-state index in [2.05, 4.69) is 0 Å². The molecule has 0 amide bonds. The molecule has 8 heavy (non-hydrogen) atoms. The van der Waals surface area contributed by atoms with Crippen molar-refractivity contribution in [3.05, 3.63) is 0 Å². The summed E-state index contributed by atoms with van der Waals surface area (Å²) in [4.78, 5) is 0. The zero-order valence-electron chi connectivity index (χ0n) is 5.26. The highest BCUT2D eigenvalue weighted by atomic mass is 32.2. The molecular weight excluding hydrogens is 136 g/mol. The maximum atomic E-state index is 5.29. The largest absolute Gasteiger partial charge is 0.308 e. The van der Waals surface area contributed by atoms with Crippen molar-refractivity contribution < 1.29 is 0 Å². The summed E-state index contributed by atoms with van der Waals surface area (Å²) in [6, 6.07) is 1.36. The second-order valence-electron chi connectivity index (χ2n) is 1.69. The maximum absolute atomic E-state index is 5.29. The van der Waals surface area contributed by atoms with Crippen molar-refractivity contribution in [1.29, 1.82) is 0 Å². The first-order valence-electron chi connectivity index (χ1n) is 2.90. The molecule has 0 unspecified atom stereocenters. The summed E-state index contributed by atoms with van der Waals surface area (Å²) in [5.74, 6) is 1.13. The lowest BCUT2D eigenvalue weighted by molar-refractivity contribution is 0.977. The van der Waals surface area contributed by atoms with E-state index in [4.69, 9.17) is 11.5 Å². The van der Waals surface area contributed by atoms with Crippen molar-refractivity contribution in [1.82, 2.24) is 0 Å². The molecule has 0 radical (unpaired) electrons. The van der Waals surface area contributed by atoms with Gasteiger partial charge in [-0.15, -0.1) is 11.8 Å². The van der Waals surface area contributed by atoms with Crippen LogP contribution in [0.4, 0.5) is 0 Å². The Bertz CT molecular complexity index is 51.3. The third-order valence-electron chi connectivity index (χ3n) is 0.808. The predicted octanol–water partition coefficient (Wildman–Crippen LogP) is -0.906. The van der Waals surface area contributed by atoms with Crippen molar-refractivity contribution in [2.75, 3.05) is 5.75 Å². The van der Waals surface area contributed by atoms with E-state index in [1.54, 1.807) is 11.8 Å². The smallest absolute Gasteiger partial charge is 0.100 e. The Morgan fingerprint density at radius 2 is 2.12 bits per heavy atom. The van der Waals surface area contributed by atoms with E-state index < -0.39 is 0 Å². The second-order valence-corrected chi connectivity index (χ2v) is 3.97. The minimum Gasteiger partial charge on any atom is -0.308 e. The fourth-order valence-electron chi connectivity index (χ4n) is 0.364. The molecule has 0 aromatic carbocycles. The summed E-state index contributed by atoms with van der Waals surface area (Å²) in [5.41, 5.74) is 10.4.